The maximum atomic E-state index is 8.50. The zero-order valence-corrected chi connectivity index (χ0v) is 8.25. The molecule has 0 spiro atoms. The number of hydrogen-bond acceptors (Lipinski definition) is 1. The van der Waals surface area contributed by atoms with Crippen molar-refractivity contribution in [1.29, 1.82) is 5.26 Å². The quantitative estimate of drug-likeness (QED) is 0.540. The van der Waals surface area contributed by atoms with Gasteiger partial charge in [0.15, 0.2) is 0 Å². The van der Waals surface area contributed by atoms with Gasteiger partial charge in [0.05, 0.1) is 12.6 Å². The van der Waals surface area contributed by atoms with Crippen LogP contribution in [-0.2, 0) is 0 Å². The number of nitriles is 1. The molecule has 0 N–H and O–H groups in total. The maximum absolute atomic E-state index is 8.50. The van der Waals surface area contributed by atoms with Crippen molar-refractivity contribution in [2.45, 2.75) is 0 Å². The molecular weight excluding hydrogens is 228 g/mol. The van der Waals surface area contributed by atoms with Crippen molar-refractivity contribution < 1.29 is 0 Å². The molecule has 0 heterocycles. The largest absolute Gasteiger partial charge is 0.262 e. The summed E-state index contributed by atoms with van der Waals surface area (Å²) >= 11 is 3.30. The third kappa shape index (κ3) is 2.74. The number of allylic oxidation sites excluding steroid dienone is 1. The summed E-state index contributed by atoms with van der Waals surface area (Å²) in [5, 5.41) is 8.50. The Balaban J connectivity index is 3.00. The molecule has 0 fully saturated rings. The molecule has 0 saturated heterocycles. The van der Waals surface area contributed by atoms with Gasteiger partial charge >= 0.3 is 0 Å². The Kier molecular flexibility index (Phi) is 3.25. The van der Waals surface area contributed by atoms with E-state index in [-0.39, 0.29) is 5.70 Å². The summed E-state index contributed by atoms with van der Waals surface area (Å²) in [5.41, 5.74) is 0.957. The van der Waals surface area contributed by atoms with Gasteiger partial charge in [-0.1, -0.05) is 28.1 Å². The normalized spacial score (nSPS) is 10.2. The molecule has 1 aromatic rings. The lowest BCUT2D eigenvalue weighted by Gasteiger charge is -1.92. The van der Waals surface area contributed by atoms with Gasteiger partial charge in [0, 0.05) is 4.47 Å². The van der Waals surface area contributed by atoms with E-state index in [1.807, 2.05) is 30.3 Å². The lowest BCUT2D eigenvalue weighted by atomic mass is 10.2. The average Bonchev–Trinajstić information content (AvgIpc) is 2.17. The molecule has 2 nitrogen and oxygen atoms in total. The SMILES string of the molecule is [C-]#[N+]/C(C#N)=C/c1ccc(Br)cc1. The van der Waals surface area contributed by atoms with E-state index < -0.39 is 0 Å². The van der Waals surface area contributed by atoms with E-state index in [9.17, 15) is 0 Å². The summed E-state index contributed by atoms with van der Waals surface area (Å²) in [4.78, 5) is 3.06. The molecule has 0 aliphatic rings. The van der Waals surface area contributed by atoms with E-state index in [0.29, 0.717) is 0 Å². The topological polar surface area (TPSA) is 28.1 Å². The first-order valence-electron chi connectivity index (χ1n) is 3.51. The van der Waals surface area contributed by atoms with Gasteiger partial charge in [-0.3, -0.25) is 0 Å². The smallest absolute Gasteiger partial charge is 0.227 e. The summed E-state index contributed by atoms with van der Waals surface area (Å²) in [5.74, 6) is 0. The number of benzene rings is 1. The molecule has 0 bridgehead atoms. The van der Waals surface area contributed by atoms with Gasteiger partial charge in [-0.2, -0.15) is 0 Å². The highest BCUT2D eigenvalue weighted by Gasteiger charge is 1.93. The number of nitrogens with zero attached hydrogens (tertiary/aromatic N) is 2. The lowest BCUT2D eigenvalue weighted by molar-refractivity contribution is 1.50. The van der Waals surface area contributed by atoms with Crippen LogP contribution in [0.25, 0.3) is 10.9 Å². The number of halogens is 1. The van der Waals surface area contributed by atoms with Crippen LogP contribution in [0.1, 0.15) is 5.56 Å². The monoisotopic (exact) mass is 232 g/mol. The van der Waals surface area contributed by atoms with Crippen LogP contribution in [0.5, 0.6) is 0 Å². The second-order valence-corrected chi connectivity index (χ2v) is 3.22. The van der Waals surface area contributed by atoms with Gasteiger partial charge in [0.25, 0.3) is 5.70 Å². The molecule has 0 amide bonds. The van der Waals surface area contributed by atoms with Crippen molar-refractivity contribution in [1.82, 2.24) is 0 Å². The highest BCUT2D eigenvalue weighted by Crippen LogP contribution is 2.13. The molecule has 62 valence electrons. The van der Waals surface area contributed by atoms with Crippen LogP contribution in [0.2, 0.25) is 0 Å². The van der Waals surface area contributed by atoms with Crippen molar-refractivity contribution in [2.75, 3.05) is 0 Å². The van der Waals surface area contributed by atoms with E-state index in [1.165, 1.54) is 0 Å². The summed E-state index contributed by atoms with van der Waals surface area (Å²) in [6.07, 6.45) is 1.56. The second kappa shape index (κ2) is 4.45. The molecule has 0 saturated carbocycles. The molecule has 0 aliphatic heterocycles. The zero-order valence-electron chi connectivity index (χ0n) is 6.66. The number of hydrogen-bond donors (Lipinski definition) is 0. The van der Waals surface area contributed by atoms with E-state index in [1.54, 1.807) is 6.08 Å². The number of rotatable bonds is 1. The average molecular weight is 233 g/mol. The Morgan fingerprint density at radius 3 is 2.54 bits per heavy atom. The first-order chi connectivity index (χ1) is 6.26. The first kappa shape index (κ1) is 9.51. The van der Waals surface area contributed by atoms with Crippen LogP contribution in [-0.4, -0.2) is 0 Å². The molecule has 0 radical (unpaired) electrons. The van der Waals surface area contributed by atoms with Crippen LogP contribution in [0.4, 0.5) is 0 Å². The van der Waals surface area contributed by atoms with Crippen LogP contribution in [0.15, 0.2) is 34.4 Å². The van der Waals surface area contributed by atoms with Gasteiger partial charge < -0.3 is 0 Å². The molecule has 1 rings (SSSR count). The van der Waals surface area contributed by atoms with Gasteiger partial charge in [-0.05, 0) is 23.8 Å². The highest BCUT2D eigenvalue weighted by molar-refractivity contribution is 9.10. The predicted octanol–water partition coefficient (Wildman–Crippen LogP) is 3.23. The van der Waals surface area contributed by atoms with E-state index >= 15 is 0 Å². The fourth-order valence-corrected chi connectivity index (χ4v) is 1.07. The zero-order chi connectivity index (χ0) is 9.68. The summed E-state index contributed by atoms with van der Waals surface area (Å²) < 4.78 is 0.978. The van der Waals surface area contributed by atoms with Gasteiger partial charge in [-0.15, -0.1) is 0 Å². The second-order valence-electron chi connectivity index (χ2n) is 2.30. The minimum atomic E-state index is 0.0994. The molecule has 0 atom stereocenters. The fraction of sp³-hybridized carbons (Fsp3) is 0. The standard InChI is InChI=1S/C10H5BrN2/c1-13-10(7-12)6-8-2-4-9(11)5-3-8/h2-6H/b10-6+. The minimum absolute atomic E-state index is 0.0994. The van der Waals surface area contributed by atoms with Crippen LogP contribution >= 0.6 is 15.9 Å². The predicted molar refractivity (Wildman–Crippen MR) is 54.3 cm³/mol. The third-order valence-corrected chi connectivity index (χ3v) is 1.94. The first-order valence-corrected chi connectivity index (χ1v) is 4.30. The van der Waals surface area contributed by atoms with E-state index in [4.69, 9.17) is 11.8 Å². The van der Waals surface area contributed by atoms with Crippen molar-refractivity contribution in [3.05, 3.63) is 51.4 Å². The summed E-state index contributed by atoms with van der Waals surface area (Å²) in [6, 6.07) is 9.22. The molecule has 1 aromatic carbocycles. The molecule has 0 unspecified atom stereocenters. The van der Waals surface area contributed by atoms with Crippen LogP contribution in [0, 0.1) is 17.9 Å². The van der Waals surface area contributed by atoms with E-state index in [0.717, 1.165) is 10.0 Å². The Morgan fingerprint density at radius 1 is 1.46 bits per heavy atom. The van der Waals surface area contributed by atoms with Gasteiger partial charge in [0.1, 0.15) is 0 Å². The summed E-state index contributed by atoms with van der Waals surface area (Å²) in [7, 11) is 0. The Hall–Kier alpha value is -1.58. The fourth-order valence-electron chi connectivity index (χ4n) is 0.806. The van der Waals surface area contributed by atoms with Crippen molar-refractivity contribution >= 4 is 22.0 Å². The third-order valence-electron chi connectivity index (χ3n) is 1.41. The van der Waals surface area contributed by atoms with Crippen molar-refractivity contribution in [3.8, 4) is 6.07 Å². The minimum Gasteiger partial charge on any atom is -0.227 e. The summed E-state index contributed by atoms with van der Waals surface area (Å²) in [6.45, 7) is 6.68. The van der Waals surface area contributed by atoms with E-state index in [2.05, 4.69) is 20.8 Å². The molecule has 0 aliphatic carbocycles. The van der Waals surface area contributed by atoms with Gasteiger partial charge in [0.2, 0.25) is 0 Å². The highest BCUT2D eigenvalue weighted by atomic mass is 79.9. The van der Waals surface area contributed by atoms with Gasteiger partial charge in [-0.25, -0.2) is 10.1 Å². The molecule has 13 heavy (non-hydrogen) atoms. The van der Waals surface area contributed by atoms with Crippen molar-refractivity contribution in [2.24, 2.45) is 0 Å². The molecular formula is C10H5BrN2. The van der Waals surface area contributed by atoms with Crippen LogP contribution in [0.3, 0.4) is 0 Å². The Labute approximate surface area is 85.1 Å². The Morgan fingerprint density at radius 2 is 2.08 bits per heavy atom. The Bertz CT molecular complexity index is 388. The lowest BCUT2D eigenvalue weighted by Crippen LogP contribution is -1.73. The van der Waals surface area contributed by atoms with Crippen molar-refractivity contribution in [3.63, 3.8) is 0 Å². The molecule has 0 aromatic heterocycles. The van der Waals surface area contributed by atoms with Crippen LogP contribution < -0.4 is 0 Å². The maximum Gasteiger partial charge on any atom is 0.262 e. The molecule has 3 heteroatoms.